The molecule has 1 amide bonds. The summed E-state index contributed by atoms with van der Waals surface area (Å²) in [6.07, 6.45) is 2.31. The number of amides is 1. The van der Waals surface area contributed by atoms with Crippen molar-refractivity contribution in [2.45, 2.75) is 31.9 Å². The second-order valence-corrected chi connectivity index (χ2v) is 6.91. The molecule has 8 nitrogen and oxygen atoms in total. The summed E-state index contributed by atoms with van der Waals surface area (Å²) < 4.78 is 12.5. The standard InChI is InChI=1S/C21H22N4O4/c26-20(10-11-25-21(27)18-8-1-2-9-19(18)23-24-25)22-15-5-3-6-16(13-15)29-14-17-7-4-12-28-17/h1-3,5-6,8-9,13,17H,4,7,10-12,14H2,(H,22,26). The molecule has 1 aliphatic rings. The number of hydrogen-bond acceptors (Lipinski definition) is 6. The number of ether oxygens (including phenoxy) is 2. The monoisotopic (exact) mass is 394 g/mol. The predicted octanol–water partition coefficient (Wildman–Crippen LogP) is 2.38. The summed E-state index contributed by atoms with van der Waals surface area (Å²) >= 11 is 0. The van der Waals surface area contributed by atoms with Gasteiger partial charge in [0.2, 0.25) is 5.91 Å². The van der Waals surface area contributed by atoms with Gasteiger partial charge in [-0.05, 0) is 37.1 Å². The fourth-order valence-electron chi connectivity index (χ4n) is 3.23. The van der Waals surface area contributed by atoms with Gasteiger partial charge in [0.1, 0.15) is 17.9 Å². The van der Waals surface area contributed by atoms with Crippen LogP contribution in [0.5, 0.6) is 5.75 Å². The van der Waals surface area contributed by atoms with E-state index in [1.807, 2.05) is 12.1 Å². The molecule has 1 aromatic heterocycles. The van der Waals surface area contributed by atoms with E-state index < -0.39 is 0 Å². The molecule has 1 unspecified atom stereocenters. The number of nitrogens with zero attached hydrogens (tertiary/aromatic N) is 3. The highest BCUT2D eigenvalue weighted by molar-refractivity contribution is 5.90. The Morgan fingerprint density at radius 1 is 1.24 bits per heavy atom. The Bertz CT molecular complexity index is 1060. The number of anilines is 1. The molecule has 0 bridgehead atoms. The van der Waals surface area contributed by atoms with Gasteiger partial charge in [0, 0.05) is 24.8 Å². The molecule has 1 N–H and O–H groups in total. The number of aryl methyl sites for hydroxylation is 1. The highest BCUT2D eigenvalue weighted by Crippen LogP contribution is 2.20. The lowest BCUT2D eigenvalue weighted by molar-refractivity contribution is -0.116. The molecule has 0 aliphatic carbocycles. The van der Waals surface area contributed by atoms with Gasteiger partial charge in [-0.15, -0.1) is 5.10 Å². The molecule has 1 saturated heterocycles. The molecule has 1 fully saturated rings. The van der Waals surface area contributed by atoms with Crippen LogP contribution in [0.25, 0.3) is 10.9 Å². The Hall–Kier alpha value is -3.26. The zero-order valence-electron chi connectivity index (χ0n) is 15.9. The van der Waals surface area contributed by atoms with E-state index in [0.717, 1.165) is 19.4 Å². The smallest absolute Gasteiger partial charge is 0.277 e. The third-order valence-corrected chi connectivity index (χ3v) is 4.76. The van der Waals surface area contributed by atoms with Crippen molar-refractivity contribution in [2.24, 2.45) is 0 Å². The molecule has 0 radical (unpaired) electrons. The van der Waals surface area contributed by atoms with Crippen LogP contribution in [0.1, 0.15) is 19.3 Å². The molecule has 3 aromatic rings. The van der Waals surface area contributed by atoms with E-state index in [2.05, 4.69) is 15.6 Å². The highest BCUT2D eigenvalue weighted by Gasteiger charge is 2.16. The highest BCUT2D eigenvalue weighted by atomic mass is 16.5. The van der Waals surface area contributed by atoms with Crippen LogP contribution >= 0.6 is 0 Å². The molecule has 2 heterocycles. The zero-order valence-corrected chi connectivity index (χ0v) is 15.9. The lowest BCUT2D eigenvalue weighted by atomic mass is 10.2. The molecule has 8 heteroatoms. The lowest BCUT2D eigenvalue weighted by Gasteiger charge is -2.12. The van der Waals surface area contributed by atoms with Gasteiger partial charge in [-0.3, -0.25) is 9.59 Å². The van der Waals surface area contributed by atoms with Crippen LogP contribution in [0.3, 0.4) is 0 Å². The molecule has 0 spiro atoms. The largest absolute Gasteiger partial charge is 0.491 e. The van der Waals surface area contributed by atoms with E-state index in [-0.39, 0.29) is 30.5 Å². The SMILES string of the molecule is O=C(CCn1nnc2ccccc2c1=O)Nc1cccc(OCC2CCCO2)c1. The number of aromatic nitrogens is 3. The van der Waals surface area contributed by atoms with Gasteiger partial charge < -0.3 is 14.8 Å². The average Bonchev–Trinajstić information content (AvgIpc) is 3.26. The van der Waals surface area contributed by atoms with Crippen molar-refractivity contribution in [2.75, 3.05) is 18.5 Å². The van der Waals surface area contributed by atoms with Gasteiger partial charge in [0.25, 0.3) is 5.56 Å². The zero-order chi connectivity index (χ0) is 20.1. The number of carbonyl (C=O) groups excluding carboxylic acids is 1. The third-order valence-electron chi connectivity index (χ3n) is 4.76. The molecular formula is C21H22N4O4. The molecule has 4 rings (SSSR count). The van der Waals surface area contributed by atoms with Gasteiger partial charge >= 0.3 is 0 Å². The van der Waals surface area contributed by atoms with Crippen LogP contribution in [0.2, 0.25) is 0 Å². The first-order chi connectivity index (χ1) is 14.2. The van der Waals surface area contributed by atoms with Crippen molar-refractivity contribution in [3.63, 3.8) is 0 Å². The summed E-state index contributed by atoms with van der Waals surface area (Å²) in [6, 6.07) is 14.2. The van der Waals surface area contributed by atoms with E-state index in [0.29, 0.717) is 28.9 Å². The normalized spacial score (nSPS) is 16.1. The van der Waals surface area contributed by atoms with Crippen LogP contribution in [0.4, 0.5) is 5.69 Å². The minimum atomic E-state index is -0.257. The minimum absolute atomic E-state index is 0.105. The Balaban J connectivity index is 1.33. The number of fused-ring (bicyclic) bond motifs is 1. The van der Waals surface area contributed by atoms with Crippen LogP contribution in [0.15, 0.2) is 53.3 Å². The van der Waals surface area contributed by atoms with E-state index in [4.69, 9.17) is 9.47 Å². The number of rotatable bonds is 7. The van der Waals surface area contributed by atoms with Crippen molar-refractivity contribution in [3.05, 3.63) is 58.9 Å². The van der Waals surface area contributed by atoms with Crippen molar-refractivity contribution >= 4 is 22.5 Å². The van der Waals surface area contributed by atoms with Crippen LogP contribution in [-0.2, 0) is 16.1 Å². The Kier molecular flexibility index (Phi) is 5.81. The minimum Gasteiger partial charge on any atom is -0.491 e. The van der Waals surface area contributed by atoms with Crippen molar-refractivity contribution in [3.8, 4) is 5.75 Å². The fraction of sp³-hybridized carbons (Fsp3) is 0.333. The number of carbonyl (C=O) groups is 1. The summed E-state index contributed by atoms with van der Waals surface area (Å²) in [4.78, 5) is 24.7. The summed E-state index contributed by atoms with van der Waals surface area (Å²) in [7, 11) is 0. The summed E-state index contributed by atoms with van der Waals surface area (Å²) in [5, 5.41) is 11.2. The third kappa shape index (κ3) is 4.78. The molecule has 1 atom stereocenters. The molecular weight excluding hydrogens is 372 g/mol. The van der Waals surface area contributed by atoms with Crippen molar-refractivity contribution in [1.82, 2.24) is 15.0 Å². The van der Waals surface area contributed by atoms with Gasteiger partial charge in [0.15, 0.2) is 0 Å². The molecule has 0 saturated carbocycles. The first kappa shape index (κ1) is 19.1. The topological polar surface area (TPSA) is 95.3 Å². The van der Waals surface area contributed by atoms with E-state index in [9.17, 15) is 9.59 Å². The maximum Gasteiger partial charge on any atom is 0.277 e. The van der Waals surface area contributed by atoms with Gasteiger partial charge in [0.05, 0.1) is 18.0 Å². The maximum absolute atomic E-state index is 12.4. The molecule has 150 valence electrons. The van der Waals surface area contributed by atoms with Crippen molar-refractivity contribution in [1.29, 1.82) is 0 Å². The van der Waals surface area contributed by atoms with E-state index in [1.165, 1.54) is 4.68 Å². The predicted molar refractivity (Wildman–Crippen MR) is 108 cm³/mol. The van der Waals surface area contributed by atoms with Crippen LogP contribution < -0.4 is 15.6 Å². The second kappa shape index (κ2) is 8.83. The first-order valence-electron chi connectivity index (χ1n) is 9.66. The summed E-state index contributed by atoms with van der Waals surface area (Å²) in [6.45, 7) is 1.44. The Labute approximate surface area is 167 Å². The van der Waals surface area contributed by atoms with E-state index >= 15 is 0 Å². The van der Waals surface area contributed by atoms with Gasteiger partial charge in [-0.1, -0.05) is 23.4 Å². The number of benzene rings is 2. The molecule has 1 aliphatic heterocycles. The summed E-state index contributed by atoms with van der Waals surface area (Å²) in [5.74, 6) is 0.457. The maximum atomic E-state index is 12.4. The fourth-order valence-corrected chi connectivity index (χ4v) is 3.23. The number of hydrogen-bond donors (Lipinski definition) is 1. The molecule has 29 heavy (non-hydrogen) atoms. The summed E-state index contributed by atoms with van der Waals surface area (Å²) in [5.41, 5.74) is 0.919. The average molecular weight is 394 g/mol. The Morgan fingerprint density at radius 3 is 3.00 bits per heavy atom. The van der Waals surface area contributed by atoms with Crippen molar-refractivity contribution < 1.29 is 14.3 Å². The lowest BCUT2D eigenvalue weighted by Crippen LogP contribution is -2.26. The quantitative estimate of drug-likeness (QED) is 0.661. The van der Waals surface area contributed by atoms with Gasteiger partial charge in [-0.2, -0.15) is 0 Å². The molecule has 2 aromatic carbocycles. The Morgan fingerprint density at radius 2 is 2.14 bits per heavy atom. The second-order valence-electron chi connectivity index (χ2n) is 6.91. The number of nitrogens with one attached hydrogen (secondary N) is 1. The van der Waals surface area contributed by atoms with Gasteiger partial charge in [-0.25, -0.2) is 4.68 Å². The van der Waals surface area contributed by atoms with Crippen LogP contribution in [-0.4, -0.2) is 40.2 Å². The van der Waals surface area contributed by atoms with E-state index in [1.54, 1.807) is 36.4 Å². The van der Waals surface area contributed by atoms with Crippen LogP contribution in [0, 0.1) is 0 Å². The first-order valence-corrected chi connectivity index (χ1v) is 9.66.